The van der Waals surface area contributed by atoms with Gasteiger partial charge in [0.1, 0.15) is 31.6 Å². The Bertz CT molecular complexity index is 1560. The van der Waals surface area contributed by atoms with E-state index in [-0.39, 0.29) is 45.0 Å². The van der Waals surface area contributed by atoms with E-state index in [2.05, 4.69) is 29.1 Å². The molecular weight excluding hydrogens is 662 g/mol. The Kier molecular flexibility index (Phi) is 17.7. The fraction of sp³-hybridized carbons (Fsp3) is 0.366. The van der Waals surface area contributed by atoms with Gasteiger partial charge in [0.2, 0.25) is 11.8 Å². The van der Waals surface area contributed by atoms with Gasteiger partial charge in [-0.3, -0.25) is 9.59 Å². The first-order chi connectivity index (χ1) is 25.1. The van der Waals surface area contributed by atoms with Gasteiger partial charge < -0.3 is 35.3 Å². The number of ether oxygens (including phenoxy) is 3. The summed E-state index contributed by atoms with van der Waals surface area (Å²) >= 11 is 0. The van der Waals surface area contributed by atoms with Crippen LogP contribution >= 0.6 is 0 Å². The van der Waals surface area contributed by atoms with Gasteiger partial charge in [0.15, 0.2) is 0 Å². The monoisotopic (exact) mass is 713 g/mol. The van der Waals surface area contributed by atoms with E-state index < -0.39 is 47.9 Å². The maximum Gasteiger partial charge on any atom is 0.408 e. The zero-order valence-electron chi connectivity index (χ0n) is 30.0. The minimum Gasteiger partial charge on any atom is -0.489 e. The number of hydrogen-bond donors (Lipinski definition) is 4. The zero-order valence-corrected chi connectivity index (χ0v) is 30.0. The van der Waals surface area contributed by atoms with Crippen LogP contribution in [0.5, 0.6) is 5.75 Å². The smallest absolute Gasteiger partial charge is 0.408 e. The van der Waals surface area contributed by atoms with Crippen molar-refractivity contribution in [2.24, 2.45) is 11.8 Å². The standard InChI is InChI=1S/C41H51N3O8/c1-5-13-33(24-38(46)42-34(25-45)23-30-19-21-35(22-20-30)50-26-31-15-9-7-10-16-31)39(47)43-37(29(3)4)28-51-40(48)36(14-6-2)44-41(49)52-27-32-17-11-8-12-18-32/h5-12,15-22,29,33-34,36-37,45H,1-2,13-14,23-28H2,3-4H3,(H,42,46)(H,43,47)(H,44,49). The van der Waals surface area contributed by atoms with Gasteiger partial charge >= 0.3 is 12.1 Å². The molecule has 0 aliphatic rings. The summed E-state index contributed by atoms with van der Waals surface area (Å²) in [5.74, 6) is -1.68. The largest absolute Gasteiger partial charge is 0.489 e. The molecule has 0 radical (unpaired) electrons. The Morgan fingerprint density at radius 1 is 0.750 bits per heavy atom. The van der Waals surface area contributed by atoms with Gasteiger partial charge in [-0.2, -0.15) is 0 Å². The van der Waals surface area contributed by atoms with Crippen molar-refractivity contribution in [2.45, 2.75) is 70.9 Å². The zero-order chi connectivity index (χ0) is 37.7. The van der Waals surface area contributed by atoms with Crippen LogP contribution in [0.25, 0.3) is 0 Å². The van der Waals surface area contributed by atoms with Crippen LogP contribution in [0, 0.1) is 11.8 Å². The highest BCUT2D eigenvalue weighted by Gasteiger charge is 2.28. The molecule has 0 bridgehead atoms. The summed E-state index contributed by atoms with van der Waals surface area (Å²) in [6.07, 6.45) is 2.85. The second-order valence-corrected chi connectivity index (χ2v) is 12.8. The van der Waals surface area contributed by atoms with Gasteiger partial charge in [0.05, 0.1) is 24.6 Å². The average Bonchev–Trinajstić information content (AvgIpc) is 3.15. The first-order valence-electron chi connectivity index (χ1n) is 17.4. The number of amides is 3. The first kappa shape index (κ1) is 41.0. The number of carbonyl (C=O) groups is 4. The van der Waals surface area contributed by atoms with Crippen molar-refractivity contribution >= 4 is 23.9 Å². The predicted octanol–water partition coefficient (Wildman–Crippen LogP) is 5.42. The molecule has 0 aliphatic carbocycles. The topological polar surface area (TPSA) is 152 Å². The summed E-state index contributed by atoms with van der Waals surface area (Å²) in [5, 5.41) is 18.3. The molecule has 52 heavy (non-hydrogen) atoms. The lowest BCUT2D eigenvalue weighted by atomic mass is 9.97. The summed E-state index contributed by atoms with van der Waals surface area (Å²) < 4.78 is 16.6. The number of alkyl carbamates (subject to hydrolysis) is 1. The van der Waals surface area contributed by atoms with Crippen LogP contribution < -0.4 is 20.7 Å². The lowest BCUT2D eigenvalue weighted by Gasteiger charge is -2.26. The van der Waals surface area contributed by atoms with Crippen LogP contribution in [-0.4, -0.2) is 60.3 Å². The van der Waals surface area contributed by atoms with Crippen LogP contribution in [0.2, 0.25) is 0 Å². The van der Waals surface area contributed by atoms with Crippen molar-refractivity contribution in [1.29, 1.82) is 0 Å². The Labute approximate surface area is 306 Å². The minimum absolute atomic E-state index is 0.0358. The van der Waals surface area contributed by atoms with Crippen molar-refractivity contribution in [1.82, 2.24) is 16.0 Å². The highest BCUT2D eigenvalue weighted by molar-refractivity contribution is 5.86. The number of allylic oxidation sites excluding steroid dienone is 1. The highest BCUT2D eigenvalue weighted by Crippen LogP contribution is 2.17. The van der Waals surface area contributed by atoms with E-state index in [9.17, 15) is 24.3 Å². The molecule has 0 saturated carbocycles. The predicted molar refractivity (Wildman–Crippen MR) is 199 cm³/mol. The van der Waals surface area contributed by atoms with Gasteiger partial charge in [-0.05, 0) is 54.0 Å². The van der Waals surface area contributed by atoms with Gasteiger partial charge in [0.25, 0.3) is 0 Å². The van der Waals surface area contributed by atoms with Crippen molar-refractivity contribution in [2.75, 3.05) is 13.2 Å². The normalized spacial score (nSPS) is 13.1. The van der Waals surface area contributed by atoms with Crippen LogP contribution in [0.15, 0.2) is 110 Å². The number of nitrogens with one attached hydrogen (secondary N) is 3. The number of aliphatic hydroxyl groups is 1. The Hall–Kier alpha value is -5.42. The van der Waals surface area contributed by atoms with E-state index >= 15 is 0 Å². The molecule has 11 nitrogen and oxygen atoms in total. The summed E-state index contributed by atoms with van der Waals surface area (Å²) in [6.45, 7) is 11.2. The van der Waals surface area contributed by atoms with Crippen molar-refractivity contribution in [3.8, 4) is 5.75 Å². The maximum absolute atomic E-state index is 13.4. The molecule has 4 unspecified atom stereocenters. The molecule has 0 aliphatic heterocycles. The van der Waals surface area contributed by atoms with Gasteiger partial charge in [-0.15, -0.1) is 13.2 Å². The van der Waals surface area contributed by atoms with E-state index in [0.29, 0.717) is 18.8 Å². The third-order valence-electron chi connectivity index (χ3n) is 8.22. The SMILES string of the molecule is C=CCC(CC(=O)NC(CO)Cc1ccc(OCc2ccccc2)cc1)C(=O)NC(COC(=O)C(CC=C)NC(=O)OCc1ccccc1)C(C)C. The van der Waals surface area contributed by atoms with Gasteiger partial charge in [-0.25, -0.2) is 9.59 Å². The number of esters is 1. The quantitative estimate of drug-likeness (QED) is 0.0796. The van der Waals surface area contributed by atoms with Crippen LogP contribution in [-0.2, 0) is 43.5 Å². The highest BCUT2D eigenvalue weighted by atomic mass is 16.6. The van der Waals surface area contributed by atoms with Gasteiger partial charge in [0, 0.05) is 6.42 Å². The molecule has 4 atom stereocenters. The molecule has 3 rings (SSSR count). The second kappa shape index (κ2) is 22.4. The lowest BCUT2D eigenvalue weighted by molar-refractivity contribution is -0.148. The number of aliphatic hydroxyl groups excluding tert-OH is 1. The fourth-order valence-corrected chi connectivity index (χ4v) is 5.16. The van der Waals surface area contributed by atoms with E-state index in [1.807, 2.05) is 98.8 Å². The van der Waals surface area contributed by atoms with E-state index in [4.69, 9.17) is 14.2 Å². The number of hydrogen-bond acceptors (Lipinski definition) is 8. The third-order valence-corrected chi connectivity index (χ3v) is 8.22. The van der Waals surface area contributed by atoms with Crippen molar-refractivity contribution < 1.29 is 38.5 Å². The van der Waals surface area contributed by atoms with Crippen molar-refractivity contribution in [3.05, 3.63) is 127 Å². The van der Waals surface area contributed by atoms with E-state index in [0.717, 1.165) is 16.7 Å². The minimum atomic E-state index is -1.04. The average molecular weight is 714 g/mol. The molecule has 3 aromatic carbocycles. The number of carbonyl (C=O) groups excluding carboxylic acids is 4. The summed E-state index contributed by atoms with van der Waals surface area (Å²) in [7, 11) is 0. The Balaban J connectivity index is 1.49. The molecule has 0 aromatic heterocycles. The van der Waals surface area contributed by atoms with Crippen LogP contribution in [0.1, 0.15) is 49.8 Å². The summed E-state index contributed by atoms with van der Waals surface area (Å²) in [5.41, 5.74) is 2.75. The lowest BCUT2D eigenvalue weighted by Crippen LogP contribution is -2.48. The third kappa shape index (κ3) is 14.8. The van der Waals surface area contributed by atoms with E-state index in [1.165, 1.54) is 6.08 Å². The fourth-order valence-electron chi connectivity index (χ4n) is 5.16. The molecule has 0 heterocycles. The van der Waals surface area contributed by atoms with Crippen LogP contribution in [0.4, 0.5) is 4.79 Å². The molecule has 11 heteroatoms. The Morgan fingerprint density at radius 3 is 1.94 bits per heavy atom. The molecule has 3 amide bonds. The molecule has 0 saturated heterocycles. The number of rotatable bonds is 22. The van der Waals surface area contributed by atoms with Crippen LogP contribution in [0.3, 0.4) is 0 Å². The molecule has 0 fully saturated rings. The summed E-state index contributed by atoms with van der Waals surface area (Å²) in [6, 6.07) is 24.2. The Morgan fingerprint density at radius 2 is 1.37 bits per heavy atom. The first-order valence-corrected chi connectivity index (χ1v) is 17.4. The maximum atomic E-state index is 13.4. The summed E-state index contributed by atoms with van der Waals surface area (Å²) in [4.78, 5) is 51.8. The molecule has 0 spiro atoms. The van der Waals surface area contributed by atoms with Gasteiger partial charge in [-0.1, -0.05) is 98.8 Å². The molecule has 4 N–H and O–H groups in total. The number of benzene rings is 3. The second-order valence-electron chi connectivity index (χ2n) is 12.8. The molecule has 3 aromatic rings. The molecular formula is C41H51N3O8. The van der Waals surface area contributed by atoms with E-state index in [1.54, 1.807) is 6.08 Å². The molecule has 278 valence electrons. The van der Waals surface area contributed by atoms with Crippen molar-refractivity contribution in [3.63, 3.8) is 0 Å².